The first-order valence-corrected chi connectivity index (χ1v) is 3.21. The van der Waals surface area contributed by atoms with Crippen LogP contribution in [0.3, 0.4) is 0 Å². The van der Waals surface area contributed by atoms with E-state index in [0.29, 0.717) is 10.8 Å². The van der Waals surface area contributed by atoms with Gasteiger partial charge in [0, 0.05) is 7.05 Å². The van der Waals surface area contributed by atoms with Gasteiger partial charge in [0.2, 0.25) is 0 Å². The van der Waals surface area contributed by atoms with Gasteiger partial charge in [0.25, 0.3) is 0 Å². The van der Waals surface area contributed by atoms with Crippen LogP contribution in [0, 0.1) is 0 Å². The number of amidine groups is 1. The third kappa shape index (κ3) is 1.19. The molecule has 0 saturated carbocycles. The fourth-order valence-electron chi connectivity index (χ4n) is 0.653. The minimum atomic E-state index is -0.343. The second-order valence-corrected chi connectivity index (χ2v) is 2.25. The van der Waals surface area contributed by atoms with Crippen LogP contribution in [-0.4, -0.2) is 30.3 Å². The summed E-state index contributed by atoms with van der Waals surface area (Å²) in [6.07, 6.45) is 1.49. The summed E-state index contributed by atoms with van der Waals surface area (Å²) in [5.74, 6) is 0.667. The van der Waals surface area contributed by atoms with Crippen LogP contribution in [0.25, 0.3) is 0 Å². The van der Waals surface area contributed by atoms with Gasteiger partial charge in [0.1, 0.15) is 16.9 Å². The number of nitrogens with two attached hydrogens (primary N) is 1. The van der Waals surface area contributed by atoms with Gasteiger partial charge in [0.05, 0.1) is 6.34 Å². The highest BCUT2D eigenvalue weighted by Crippen LogP contribution is 1.93. The van der Waals surface area contributed by atoms with E-state index >= 15 is 0 Å². The predicted octanol–water partition coefficient (Wildman–Crippen LogP) is -0.699. The summed E-state index contributed by atoms with van der Waals surface area (Å²) in [4.78, 5) is 8.15. The number of hydrogen-bond acceptors (Lipinski definition) is 3. The lowest BCUT2D eigenvalue weighted by molar-refractivity contribution is 1.05. The third-order valence-corrected chi connectivity index (χ3v) is 1.57. The molecule has 1 heterocycles. The molecule has 0 aliphatic carbocycles. The number of hydrogen-bond donors (Lipinski definition) is 2. The van der Waals surface area contributed by atoms with Crippen molar-refractivity contribution < 1.29 is 0 Å². The summed E-state index contributed by atoms with van der Waals surface area (Å²) in [5.41, 5.74) is 5.58. The molecule has 1 atom stereocenters. The molecule has 0 aromatic carbocycles. The standard InChI is InChI=1S/C5H8N4S/c1-7-4-3(6)5(10)9-2-8-4/h2-3H,6H2,1H3,(H,7,8,9,10). The molecule has 54 valence electrons. The van der Waals surface area contributed by atoms with Gasteiger partial charge >= 0.3 is 0 Å². The molecule has 0 saturated heterocycles. The zero-order valence-corrected chi connectivity index (χ0v) is 6.35. The lowest BCUT2D eigenvalue weighted by atomic mass is 10.2. The quantitative estimate of drug-likeness (QED) is 0.456. The summed E-state index contributed by atoms with van der Waals surface area (Å²) in [6.45, 7) is 0. The van der Waals surface area contributed by atoms with E-state index in [9.17, 15) is 0 Å². The van der Waals surface area contributed by atoms with Gasteiger partial charge in [0.15, 0.2) is 0 Å². The number of nitrogens with one attached hydrogen (secondary N) is 1. The van der Waals surface area contributed by atoms with Crippen LogP contribution in [-0.2, 0) is 0 Å². The molecule has 0 spiro atoms. The molecule has 5 heteroatoms. The fraction of sp³-hybridized carbons (Fsp3) is 0.400. The second kappa shape index (κ2) is 2.85. The largest absolute Gasteiger partial charge is 0.333 e. The van der Waals surface area contributed by atoms with Crippen LogP contribution in [0.1, 0.15) is 0 Å². The monoisotopic (exact) mass is 156 g/mol. The minimum Gasteiger partial charge on any atom is -0.333 e. The van der Waals surface area contributed by atoms with E-state index in [2.05, 4.69) is 15.3 Å². The van der Waals surface area contributed by atoms with Crippen LogP contribution >= 0.6 is 12.2 Å². The molecule has 0 aromatic heterocycles. The summed E-state index contributed by atoms with van der Waals surface area (Å²) in [5, 5.41) is 2.79. The Morgan fingerprint density at radius 1 is 1.90 bits per heavy atom. The first kappa shape index (κ1) is 7.30. The van der Waals surface area contributed by atoms with Crippen molar-refractivity contribution >= 4 is 29.4 Å². The van der Waals surface area contributed by atoms with E-state index in [-0.39, 0.29) is 6.04 Å². The average Bonchev–Trinajstić information content (AvgIpc) is 1.95. The maximum atomic E-state index is 5.58. The zero-order valence-electron chi connectivity index (χ0n) is 5.53. The molecule has 0 fully saturated rings. The van der Waals surface area contributed by atoms with Crippen molar-refractivity contribution in [1.29, 1.82) is 0 Å². The molecule has 0 amide bonds. The van der Waals surface area contributed by atoms with Gasteiger partial charge < -0.3 is 11.1 Å². The highest BCUT2D eigenvalue weighted by atomic mass is 32.1. The molecule has 0 bridgehead atoms. The van der Waals surface area contributed by atoms with E-state index in [4.69, 9.17) is 18.0 Å². The molecule has 0 radical (unpaired) electrons. The first-order valence-electron chi connectivity index (χ1n) is 2.81. The zero-order chi connectivity index (χ0) is 7.56. The maximum absolute atomic E-state index is 5.58. The van der Waals surface area contributed by atoms with Gasteiger partial charge in [-0.15, -0.1) is 0 Å². The van der Waals surface area contributed by atoms with Crippen LogP contribution in [0.5, 0.6) is 0 Å². The van der Waals surface area contributed by atoms with E-state index in [1.165, 1.54) is 6.34 Å². The summed E-state index contributed by atoms with van der Waals surface area (Å²) >= 11 is 4.83. The summed E-state index contributed by atoms with van der Waals surface area (Å²) in [6, 6.07) is -0.343. The van der Waals surface area contributed by atoms with Gasteiger partial charge in [-0.2, -0.15) is 0 Å². The Balaban J connectivity index is 2.85. The highest BCUT2D eigenvalue weighted by Gasteiger charge is 2.17. The lowest BCUT2D eigenvalue weighted by Crippen LogP contribution is -2.47. The molecule has 1 rings (SSSR count). The molecule has 1 aliphatic rings. The summed E-state index contributed by atoms with van der Waals surface area (Å²) < 4.78 is 0. The third-order valence-electron chi connectivity index (χ3n) is 1.21. The van der Waals surface area contributed by atoms with Crippen LogP contribution in [0.4, 0.5) is 0 Å². The van der Waals surface area contributed by atoms with Crippen LogP contribution in [0.15, 0.2) is 9.98 Å². The topological polar surface area (TPSA) is 62.8 Å². The normalized spacial score (nSPS) is 28.8. The Morgan fingerprint density at radius 2 is 2.60 bits per heavy atom. The highest BCUT2D eigenvalue weighted by molar-refractivity contribution is 7.80. The van der Waals surface area contributed by atoms with Crippen molar-refractivity contribution in [2.75, 3.05) is 7.05 Å². The van der Waals surface area contributed by atoms with Crippen LogP contribution < -0.4 is 11.1 Å². The Morgan fingerprint density at radius 3 is 3.10 bits per heavy atom. The molecule has 4 nitrogen and oxygen atoms in total. The van der Waals surface area contributed by atoms with Crippen molar-refractivity contribution in [3.63, 3.8) is 0 Å². The molecular weight excluding hydrogens is 148 g/mol. The van der Waals surface area contributed by atoms with Gasteiger partial charge in [-0.1, -0.05) is 12.2 Å². The predicted molar refractivity (Wildman–Crippen MR) is 45.6 cm³/mol. The summed E-state index contributed by atoms with van der Waals surface area (Å²) in [7, 11) is 1.66. The van der Waals surface area contributed by atoms with Gasteiger partial charge in [-0.05, 0) is 0 Å². The number of rotatable bonds is 0. The molecule has 1 unspecified atom stereocenters. The Hall–Kier alpha value is -0.810. The van der Waals surface area contributed by atoms with Gasteiger partial charge in [-0.25, -0.2) is 4.99 Å². The van der Waals surface area contributed by atoms with E-state index < -0.39 is 0 Å². The number of aliphatic imine (C=N–C) groups is 2. The molecule has 3 N–H and O–H groups in total. The maximum Gasteiger partial charge on any atom is 0.129 e. The molecular formula is C5H8N4S. The Kier molecular flexibility index (Phi) is 2.08. The van der Waals surface area contributed by atoms with Crippen LogP contribution in [0.2, 0.25) is 0 Å². The smallest absolute Gasteiger partial charge is 0.129 e. The first-order chi connectivity index (χ1) is 4.75. The van der Waals surface area contributed by atoms with Crippen molar-refractivity contribution in [3.8, 4) is 0 Å². The second-order valence-electron chi connectivity index (χ2n) is 1.83. The molecule has 1 aliphatic heterocycles. The van der Waals surface area contributed by atoms with Gasteiger partial charge in [-0.3, -0.25) is 4.99 Å². The molecule has 10 heavy (non-hydrogen) atoms. The van der Waals surface area contributed by atoms with Crippen molar-refractivity contribution in [2.24, 2.45) is 15.7 Å². The Labute approximate surface area is 64.2 Å². The number of thiocarbonyl (C=S) groups is 1. The molecule has 0 aromatic rings. The van der Waals surface area contributed by atoms with E-state index in [1.807, 2.05) is 0 Å². The number of nitrogens with zero attached hydrogens (tertiary/aromatic N) is 2. The van der Waals surface area contributed by atoms with Crippen molar-refractivity contribution in [3.05, 3.63) is 0 Å². The fourth-order valence-corrected chi connectivity index (χ4v) is 0.817. The van der Waals surface area contributed by atoms with E-state index in [0.717, 1.165) is 0 Å². The average molecular weight is 156 g/mol. The minimum absolute atomic E-state index is 0.343. The SMILES string of the molecule is CN=C1NC=NC(=S)C1N. The Bertz CT molecular complexity index is 208. The van der Waals surface area contributed by atoms with Crippen molar-refractivity contribution in [1.82, 2.24) is 5.32 Å². The van der Waals surface area contributed by atoms with E-state index in [1.54, 1.807) is 7.05 Å². The lowest BCUT2D eigenvalue weighted by Gasteiger charge is -2.16. The van der Waals surface area contributed by atoms with Crippen molar-refractivity contribution in [2.45, 2.75) is 6.04 Å².